The highest BCUT2D eigenvalue weighted by Gasteiger charge is 2.37. The smallest absolute Gasteiger partial charge is 0.343 e. The number of pyridine rings is 1. The number of nitrogens with zero attached hydrogens (tertiary/aromatic N) is 5. The van der Waals surface area contributed by atoms with Crippen molar-refractivity contribution in [3.63, 3.8) is 0 Å². The van der Waals surface area contributed by atoms with Crippen LogP contribution in [0.4, 0.5) is 13.2 Å². The van der Waals surface area contributed by atoms with Crippen LogP contribution in [0, 0.1) is 6.92 Å². The highest BCUT2D eigenvalue weighted by molar-refractivity contribution is 5.94. The quantitative estimate of drug-likeness (QED) is 0.387. The molecule has 190 valence electrons. The minimum atomic E-state index is -4.58. The van der Waals surface area contributed by atoms with Crippen molar-refractivity contribution in [2.75, 3.05) is 0 Å². The summed E-state index contributed by atoms with van der Waals surface area (Å²) in [6, 6.07) is 10.5. The summed E-state index contributed by atoms with van der Waals surface area (Å²) in [4.78, 5) is 30.2. The van der Waals surface area contributed by atoms with E-state index in [-0.39, 0.29) is 0 Å². The molecule has 0 radical (unpaired) electrons. The molecule has 0 saturated heterocycles. The first-order chi connectivity index (χ1) is 17.6. The third-order valence-electron chi connectivity index (χ3n) is 6.44. The van der Waals surface area contributed by atoms with Crippen molar-refractivity contribution in [2.45, 2.75) is 32.6 Å². The Morgan fingerprint density at radius 2 is 1.78 bits per heavy atom. The van der Waals surface area contributed by atoms with E-state index in [2.05, 4.69) is 10.1 Å². The Morgan fingerprint density at radius 3 is 2.49 bits per heavy atom. The summed E-state index contributed by atoms with van der Waals surface area (Å²) in [6.45, 7) is 2.15. The molecular formula is C26H23F3N6O2. The van der Waals surface area contributed by atoms with Gasteiger partial charge in [-0.2, -0.15) is 18.3 Å². The van der Waals surface area contributed by atoms with Gasteiger partial charge >= 0.3 is 11.9 Å². The fraction of sp³-hybridized carbons (Fsp3) is 0.231. The molecule has 3 heterocycles. The van der Waals surface area contributed by atoms with E-state index in [1.165, 1.54) is 9.13 Å². The molecular weight excluding hydrogens is 485 g/mol. The van der Waals surface area contributed by atoms with Gasteiger partial charge in [0.05, 0.1) is 34.6 Å². The van der Waals surface area contributed by atoms with Crippen molar-refractivity contribution in [3.05, 3.63) is 77.1 Å². The highest BCUT2D eigenvalue weighted by Crippen LogP contribution is 2.29. The fourth-order valence-electron chi connectivity index (χ4n) is 4.46. The number of carbonyl (C=O) groups is 1. The average molecular weight is 509 g/mol. The van der Waals surface area contributed by atoms with Crippen LogP contribution in [-0.2, 0) is 18.4 Å². The Hall–Kier alpha value is -4.41. The zero-order valence-corrected chi connectivity index (χ0v) is 20.2. The van der Waals surface area contributed by atoms with Crippen molar-refractivity contribution in [1.29, 1.82) is 0 Å². The minimum Gasteiger partial charge on any atom is -0.343 e. The maximum Gasteiger partial charge on any atom is 0.408 e. The molecule has 5 aromatic rings. The number of hydrogen-bond acceptors (Lipinski definition) is 4. The molecule has 0 aliphatic carbocycles. The number of aromatic nitrogens is 5. The lowest BCUT2D eigenvalue weighted by Gasteiger charge is -2.17. The standard InChI is InChI=1S/C26H23F3N6O2/c1-15-5-4-6-21-24(15)35(25(37)34(21)14-23(36)32-16(2)26(27,28)29)18-9-7-17(8-10-18)19-11-30-13-22-20(19)12-31-33(22)3/h4-13,16H,14H2,1-3H3,(H,32,36)/t16-/m0/s1. The molecule has 5 rings (SSSR count). The van der Waals surface area contributed by atoms with Gasteiger partial charge in [0.1, 0.15) is 12.6 Å². The van der Waals surface area contributed by atoms with Gasteiger partial charge in [0.15, 0.2) is 0 Å². The largest absolute Gasteiger partial charge is 0.408 e. The van der Waals surface area contributed by atoms with Crippen LogP contribution in [0.1, 0.15) is 12.5 Å². The number of amides is 1. The zero-order chi connectivity index (χ0) is 26.5. The minimum absolute atomic E-state index is 0.452. The number of carbonyl (C=O) groups excluding carboxylic acids is 1. The summed E-state index contributed by atoms with van der Waals surface area (Å²) >= 11 is 0. The lowest BCUT2D eigenvalue weighted by atomic mass is 10.0. The Balaban J connectivity index is 1.56. The second-order valence-electron chi connectivity index (χ2n) is 8.91. The van der Waals surface area contributed by atoms with Gasteiger partial charge < -0.3 is 5.32 Å². The lowest BCUT2D eigenvalue weighted by Crippen LogP contribution is -2.45. The van der Waals surface area contributed by atoms with Gasteiger partial charge in [-0.25, -0.2) is 4.79 Å². The van der Waals surface area contributed by atoms with Crippen molar-refractivity contribution in [1.82, 2.24) is 29.2 Å². The van der Waals surface area contributed by atoms with Gasteiger partial charge in [-0.15, -0.1) is 0 Å². The van der Waals surface area contributed by atoms with Crippen molar-refractivity contribution < 1.29 is 18.0 Å². The van der Waals surface area contributed by atoms with Crippen LogP contribution < -0.4 is 11.0 Å². The molecule has 11 heteroatoms. The maximum atomic E-state index is 13.5. The van der Waals surface area contributed by atoms with E-state index < -0.39 is 30.4 Å². The van der Waals surface area contributed by atoms with Crippen LogP contribution in [0.3, 0.4) is 0 Å². The number of halogens is 3. The van der Waals surface area contributed by atoms with Crippen LogP contribution in [0.2, 0.25) is 0 Å². The molecule has 0 aliphatic rings. The van der Waals surface area contributed by atoms with Crippen LogP contribution in [0.5, 0.6) is 0 Å². The van der Waals surface area contributed by atoms with Crippen molar-refractivity contribution in [2.24, 2.45) is 7.05 Å². The molecule has 0 bridgehead atoms. The molecule has 0 saturated carbocycles. The number of fused-ring (bicyclic) bond motifs is 2. The number of aryl methyl sites for hydroxylation is 2. The van der Waals surface area contributed by atoms with E-state index in [1.54, 1.807) is 47.5 Å². The molecule has 2 aromatic carbocycles. The SMILES string of the molecule is Cc1cccc2c1n(-c1ccc(-c3cncc4c3cnn4C)cc1)c(=O)n2CC(=O)N[C@@H](C)C(F)(F)F. The van der Waals surface area contributed by atoms with Gasteiger partial charge in [0, 0.05) is 24.2 Å². The number of hydrogen-bond donors (Lipinski definition) is 1. The Bertz CT molecular complexity index is 1700. The Morgan fingerprint density at radius 1 is 1.05 bits per heavy atom. The second kappa shape index (κ2) is 8.91. The number of rotatable bonds is 5. The van der Waals surface area contributed by atoms with Gasteiger partial charge in [0.25, 0.3) is 0 Å². The molecule has 1 N–H and O–H groups in total. The number of nitrogens with one attached hydrogen (secondary N) is 1. The van der Waals surface area contributed by atoms with Crippen molar-refractivity contribution in [3.8, 4) is 16.8 Å². The first kappa shape index (κ1) is 24.3. The highest BCUT2D eigenvalue weighted by atomic mass is 19.4. The third-order valence-corrected chi connectivity index (χ3v) is 6.44. The molecule has 1 amide bonds. The summed E-state index contributed by atoms with van der Waals surface area (Å²) in [6.07, 6.45) is 0.680. The third kappa shape index (κ3) is 4.26. The molecule has 0 fully saturated rings. The lowest BCUT2D eigenvalue weighted by molar-refractivity contribution is -0.158. The number of alkyl halides is 3. The Kier molecular flexibility index (Phi) is 5.85. The molecule has 1 atom stereocenters. The molecule has 37 heavy (non-hydrogen) atoms. The first-order valence-corrected chi connectivity index (χ1v) is 11.5. The average Bonchev–Trinajstić information content (AvgIpc) is 3.37. The summed E-state index contributed by atoms with van der Waals surface area (Å²) in [5.74, 6) is -0.903. The van der Waals surface area contributed by atoms with E-state index in [0.29, 0.717) is 16.7 Å². The van der Waals surface area contributed by atoms with Crippen LogP contribution >= 0.6 is 0 Å². The number of benzene rings is 2. The molecule has 0 unspecified atom stereocenters. The predicted molar refractivity (Wildman–Crippen MR) is 133 cm³/mol. The first-order valence-electron chi connectivity index (χ1n) is 11.5. The topological polar surface area (TPSA) is 86.7 Å². The number of imidazole rings is 1. The van der Waals surface area contributed by atoms with Gasteiger partial charge in [-0.05, 0) is 43.2 Å². The molecule has 0 spiro atoms. The normalized spacial score (nSPS) is 12.8. The monoisotopic (exact) mass is 508 g/mol. The van der Waals surface area contributed by atoms with E-state index in [0.717, 1.165) is 34.5 Å². The maximum absolute atomic E-state index is 13.5. The van der Waals surface area contributed by atoms with E-state index in [9.17, 15) is 22.8 Å². The van der Waals surface area contributed by atoms with Crippen LogP contribution in [-0.4, -0.2) is 42.0 Å². The summed E-state index contributed by atoms with van der Waals surface area (Å²) < 4.78 is 43.1. The van der Waals surface area contributed by atoms with E-state index in [1.807, 2.05) is 37.5 Å². The van der Waals surface area contributed by atoms with Crippen LogP contribution in [0.25, 0.3) is 38.8 Å². The van der Waals surface area contributed by atoms with Gasteiger partial charge in [-0.1, -0.05) is 24.3 Å². The van der Waals surface area contributed by atoms with Crippen molar-refractivity contribution >= 4 is 27.8 Å². The Labute approximate surface area is 209 Å². The predicted octanol–water partition coefficient (Wildman–Crippen LogP) is 4.12. The summed E-state index contributed by atoms with van der Waals surface area (Å²) in [7, 11) is 1.84. The zero-order valence-electron chi connectivity index (χ0n) is 20.2. The summed E-state index contributed by atoms with van der Waals surface area (Å²) in [5, 5.41) is 7.15. The molecule has 3 aromatic heterocycles. The van der Waals surface area contributed by atoms with Crippen LogP contribution in [0.15, 0.2) is 65.8 Å². The van der Waals surface area contributed by atoms with E-state index >= 15 is 0 Å². The fourth-order valence-corrected chi connectivity index (χ4v) is 4.46. The van der Waals surface area contributed by atoms with E-state index in [4.69, 9.17) is 0 Å². The van der Waals surface area contributed by atoms with Gasteiger partial charge in [-0.3, -0.25) is 23.6 Å². The summed E-state index contributed by atoms with van der Waals surface area (Å²) in [5.41, 5.74) is 4.49. The van der Waals surface area contributed by atoms with Gasteiger partial charge in [0.2, 0.25) is 5.91 Å². The molecule has 8 nitrogen and oxygen atoms in total. The molecule has 0 aliphatic heterocycles. The number of para-hydroxylation sites is 1. The second-order valence-corrected chi connectivity index (χ2v) is 8.91.